The molecule has 2 aromatic heterocycles. The molecule has 0 spiro atoms. The molecule has 1 aromatic carbocycles. The first kappa shape index (κ1) is 19.2. The van der Waals surface area contributed by atoms with Crippen LogP contribution in [0.4, 0.5) is 19.1 Å². The Balaban J connectivity index is 1.85. The fraction of sp³-hybridized carbons (Fsp3) is 0.400. The predicted molar refractivity (Wildman–Crippen MR) is 109 cm³/mol. The number of rotatable bonds is 4. The molecule has 28 heavy (non-hydrogen) atoms. The third-order valence-electron chi connectivity index (χ3n) is 5.21. The molecule has 2 N–H and O–H groups in total. The van der Waals surface area contributed by atoms with Gasteiger partial charge in [0.05, 0.1) is 11.2 Å². The van der Waals surface area contributed by atoms with E-state index < -0.39 is 19.7 Å². The van der Waals surface area contributed by atoms with Crippen molar-refractivity contribution in [3.63, 3.8) is 0 Å². The molecule has 1 fully saturated rings. The standard InChI is InChI=1S/C20H22F3N4P/c1-28(2)16-9-5-8-13-14(10-24-18(13)16)17-15(20(21,22)23)11-25-19(27-17)26-12-6-3-4-7-12/h5,8-12,24H,3-4,6-7H2,1-2H3,(H,25,26,27). The van der Waals surface area contributed by atoms with E-state index >= 15 is 0 Å². The Hall–Kier alpha value is -2.14. The molecule has 148 valence electrons. The molecule has 0 saturated heterocycles. The van der Waals surface area contributed by atoms with Gasteiger partial charge < -0.3 is 10.3 Å². The van der Waals surface area contributed by atoms with Crippen molar-refractivity contribution in [3.8, 4) is 11.3 Å². The second kappa shape index (κ2) is 7.36. The molecule has 3 aromatic rings. The first-order valence-electron chi connectivity index (χ1n) is 9.33. The average molecular weight is 406 g/mol. The highest BCUT2D eigenvalue weighted by Crippen LogP contribution is 2.39. The maximum Gasteiger partial charge on any atom is 0.419 e. The van der Waals surface area contributed by atoms with Gasteiger partial charge in [-0.05, 0) is 31.5 Å². The van der Waals surface area contributed by atoms with Gasteiger partial charge in [0.2, 0.25) is 5.95 Å². The summed E-state index contributed by atoms with van der Waals surface area (Å²) in [5, 5.41) is 5.09. The molecule has 1 aliphatic rings. The molecule has 1 saturated carbocycles. The van der Waals surface area contributed by atoms with E-state index in [1.54, 1.807) is 6.20 Å². The van der Waals surface area contributed by atoms with Gasteiger partial charge >= 0.3 is 6.18 Å². The van der Waals surface area contributed by atoms with Crippen LogP contribution in [-0.2, 0) is 6.18 Å². The summed E-state index contributed by atoms with van der Waals surface area (Å²) in [6.07, 6.45) is 2.23. The summed E-state index contributed by atoms with van der Waals surface area (Å²) >= 11 is 0. The number of fused-ring (bicyclic) bond motifs is 1. The molecule has 0 amide bonds. The number of aromatic amines is 1. The third-order valence-corrected chi connectivity index (χ3v) is 6.55. The van der Waals surface area contributed by atoms with Gasteiger partial charge in [0, 0.05) is 29.4 Å². The zero-order valence-electron chi connectivity index (χ0n) is 15.8. The summed E-state index contributed by atoms with van der Waals surface area (Å²) in [6, 6.07) is 5.98. The van der Waals surface area contributed by atoms with E-state index in [0.29, 0.717) is 5.56 Å². The quantitative estimate of drug-likeness (QED) is 0.573. The average Bonchev–Trinajstić information content (AvgIpc) is 3.29. The fourth-order valence-electron chi connectivity index (χ4n) is 3.82. The van der Waals surface area contributed by atoms with Gasteiger partial charge in [-0.3, -0.25) is 0 Å². The number of hydrogen-bond donors (Lipinski definition) is 2. The van der Waals surface area contributed by atoms with Crippen LogP contribution in [0.1, 0.15) is 31.2 Å². The molecule has 0 unspecified atom stereocenters. The molecule has 8 heteroatoms. The minimum Gasteiger partial charge on any atom is -0.360 e. The van der Waals surface area contributed by atoms with Crippen LogP contribution in [0, 0.1) is 0 Å². The van der Waals surface area contributed by atoms with Crippen molar-refractivity contribution in [2.45, 2.75) is 37.9 Å². The van der Waals surface area contributed by atoms with E-state index in [4.69, 9.17) is 0 Å². The second-order valence-electron chi connectivity index (χ2n) is 7.38. The Morgan fingerprint density at radius 3 is 2.61 bits per heavy atom. The molecule has 4 rings (SSSR count). The molecule has 0 aliphatic heterocycles. The summed E-state index contributed by atoms with van der Waals surface area (Å²) < 4.78 is 41.0. The maximum absolute atomic E-state index is 13.7. The maximum atomic E-state index is 13.7. The number of nitrogens with zero attached hydrogens (tertiary/aromatic N) is 2. The first-order chi connectivity index (χ1) is 13.3. The number of hydrogen-bond acceptors (Lipinski definition) is 3. The summed E-state index contributed by atoms with van der Waals surface area (Å²) in [5.74, 6) is 0.258. The zero-order valence-corrected chi connectivity index (χ0v) is 16.7. The van der Waals surface area contributed by atoms with Gasteiger partial charge in [0.15, 0.2) is 0 Å². The van der Waals surface area contributed by atoms with Crippen LogP contribution in [0.3, 0.4) is 0 Å². The highest BCUT2D eigenvalue weighted by atomic mass is 31.1. The van der Waals surface area contributed by atoms with Crippen molar-refractivity contribution in [2.75, 3.05) is 18.6 Å². The van der Waals surface area contributed by atoms with E-state index in [-0.39, 0.29) is 17.7 Å². The Kier molecular flexibility index (Phi) is 5.04. The molecule has 0 atom stereocenters. The van der Waals surface area contributed by atoms with Crippen molar-refractivity contribution in [1.29, 1.82) is 0 Å². The van der Waals surface area contributed by atoms with Crippen molar-refractivity contribution in [1.82, 2.24) is 15.0 Å². The highest BCUT2D eigenvalue weighted by molar-refractivity contribution is 7.64. The Labute approximate surface area is 162 Å². The van der Waals surface area contributed by atoms with Crippen molar-refractivity contribution >= 4 is 30.1 Å². The second-order valence-corrected chi connectivity index (χ2v) is 9.65. The van der Waals surface area contributed by atoms with Gasteiger partial charge in [0.25, 0.3) is 0 Å². The normalized spacial score (nSPS) is 15.6. The number of para-hydroxylation sites is 1. The Morgan fingerprint density at radius 2 is 1.93 bits per heavy atom. The number of halogens is 3. The lowest BCUT2D eigenvalue weighted by atomic mass is 10.1. The van der Waals surface area contributed by atoms with E-state index in [2.05, 4.69) is 33.6 Å². The van der Waals surface area contributed by atoms with Crippen molar-refractivity contribution < 1.29 is 13.2 Å². The lowest BCUT2D eigenvalue weighted by molar-refractivity contribution is -0.137. The van der Waals surface area contributed by atoms with Crippen LogP contribution in [0.5, 0.6) is 0 Å². The van der Waals surface area contributed by atoms with Crippen LogP contribution in [0.2, 0.25) is 0 Å². The molecule has 2 heterocycles. The smallest absolute Gasteiger partial charge is 0.360 e. The van der Waals surface area contributed by atoms with Crippen LogP contribution >= 0.6 is 7.92 Å². The lowest BCUT2D eigenvalue weighted by Crippen LogP contribution is -2.18. The lowest BCUT2D eigenvalue weighted by Gasteiger charge is -2.16. The van der Waals surface area contributed by atoms with Crippen LogP contribution in [-0.4, -0.2) is 34.3 Å². The van der Waals surface area contributed by atoms with Crippen LogP contribution in [0.15, 0.2) is 30.6 Å². The van der Waals surface area contributed by atoms with E-state index in [0.717, 1.165) is 48.1 Å². The van der Waals surface area contributed by atoms with E-state index in [9.17, 15) is 13.2 Å². The number of nitrogens with one attached hydrogen (secondary N) is 2. The van der Waals surface area contributed by atoms with Gasteiger partial charge in [-0.2, -0.15) is 13.2 Å². The monoisotopic (exact) mass is 406 g/mol. The van der Waals surface area contributed by atoms with Gasteiger partial charge in [-0.1, -0.05) is 39.0 Å². The molecular formula is C20H22F3N4P. The van der Waals surface area contributed by atoms with Crippen LogP contribution < -0.4 is 10.6 Å². The molecule has 0 bridgehead atoms. The topological polar surface area (TPSA) is 53.6 Å². The van der Waals surface area contributed by atoms with Crippen molar-refractivity contribution in [2.24, 2.45) is 0 Å². The minimum absolute atomic E-state index is 0.0806. The molecule has 1 aliphatic carbocycles. The van der Waals surface area contributed by atoms with Crippen molar-refractivity contribution in [3.05, 3.63) is 36.2 Å². The first-order valence-corrected chi connectivity index (χ1v) is 11.6. The van der Waals surface area contributed by atoms with Gasteiger partial charge in [-0.25, -0.2) is 9.97 Å². The minimum atomic E-state index is -4.52. The highest BCUT2D eigenvalue weighted by Gasteiger charge is 2.36. The number of H-pyrrole nitrogens is 1. The molecular weight excluding hydrogens is 384 g/mol. The number of benzene rings is 1. The Bertz CT molecular complexity index is 991. The summed E-state index contributed by atoms with van der Waals surface area (Å²) in [5.41, 5.74) is 0.442. The number of alkyl halides is 3. The molecule has 4 nitrogen and oxygen atoms in total. The van der Waals surface area contributed by atoms with Crippen LogP contribution in [0.25, 0.3) is 22.2 Å². The predicted octanol–water partition coefficient (Wildman–Crippen LogP) is 5.37. The van der Waals surface area contributed by atoms with Gasteiger partial charge in [-0.15, -0.1) is 0 Å². The zero-order chi connectivity index (χ0) is 19.9. The number of anilines is 1. The molecule has 0 radical (unpaired) electrons. The summed E-state index contributed by atoms with van der Waals surface area (Å²) in [6.45, 7) is 4.25. The van der Waals surface area contributed by atoms with E-state index in [1.165, 1.54) is 0 Å². The SMILES string of the molecule is CP(C)c1cccc2c(-c3nc(NC4CCCC4)ncc3C(F)(F)F)c[nH]c12. The summed E-state index contributed by atoms with van der Waals surface area (Å²) in [4.78, 5) is 11.4. The summed E-state index contributed by atoms with van der Waals surface area (Å²) in [7, 11) is -0.395. The Morgan fingerprint density at radius 1 is 1.18 bits per heavy atom. The fourth-order valence-corrected chi connectivity index (χ4v) is 4.84. The van der Waals surface area contributed by atoms with Gasteiger partial charge in [0.1, 0.15) is 5.56 Å². The largest absolute Gasteiger partial charge is 0.419 e. The van der Waals surface area contributed by atoms with E-state index in [1.807, 2.05) is 18.2 Å². The number of aromatic nitrogens is 3. The third kappa shape index (κ3) is 3.60.